The fraction of sp³-hybridized carbons (Fsp3) is 0. The van der Waals surface area contributed by atoms with Crippen LogP contribution in [0.1, 0.15) is 0 Å². The molecule has 0 bridgehead atoms. The first kappa shape index (κ1) is 30.0. The molecule has 11 rings (SSSR count). The van der Waals surface area contributed by atoms with Gasteiger partial charge >= 0.3 is 0 Å². The van der Waals surface area contributed by atoms with E-state index in [4.69, 9.17) is 4.42 Å². The molecule has 2 aromatic heterocycles. The molecule has 0 N–H and O–H groups in total. The van der Waals surface area contributed by atoms with Crippen LogP contribution >= 0.6 is 11.3 Å². The number of benzene rings is 9. The van der Waals surface area contributed by atoms with E-state index in [9.17, 15) is 0 Å². The SMILES string of the molecule is c1cc(-c2ccc3ccccc3c2)cc(N(c2cccc(-c3ccc4sc5ccccc5c4c3)c2)c2cccc3oc4c5ccccc5ccc4c23)c1. The van der Waals surface area contributed by atoms with E-state index in [2.05, 4.69) is 193 Å². The molecule has 0 aliphatic carbocycles. The van der Waals surface area contributed by atoms with Crippen molar-refractivity contribution in [3.05, 3.63) is 188 Å². The van der Waals surface area contributed by atoms with Crippen LogP contribution in [-0.4, -0.2) is 0 Å². The number of thiophene rings is 1. The van der Waals surface area contributed by atoms with E-state index in [0.29, 0.717) is 0 Å². The van der Waals surface area contributed by atoms with Crippen LogP contribution in [0, 0.1) is 0 Å². The largest absolute Gasteiger partial charge is 0.455 e. The number of hydrogen-bond donors (Lipinski definition) is 0. The van der Waals surface area contributed by atoms with Crippen LogP contribution in [0.2, 0.25) is 0 Å². The monoisotopic (exact) mass is 693 g/mol. The fourth-order valence-corrected chi connectivity index (χ4v) is 9.16. The topological polar surface area (TPSA) is 16.4 Å². The maximum absolute atomic E-state index is 6.70. The second-order valence-corrected chi connectivity index (χ2v) is 14.8. The fourth-order valence-electron chi connectivity index (χ4n) is 8.07. The summed E-state index contributed by atoms with van der Waals surface area (Å²) in [6.07, 6.45) is 0. The third-order valence-corrected chi connectivity index (χ3v) is 11.8. The van der Waals surface area contributed by atoms with E-state index >= 15 is 0 Å². The Morgan fingerprint density at radius 2 is 1.00 bits per heavy atom. The Labute approximate surface area is 310 Å². The highest BCUT2D eigenvalue weighted by Gasteiger charge is 2.21. The zero-order valence-electron chi connectivity index (χ0n) is 28.7. The molecule has 0 saturated carbocycles. The predicted octanol–water partition coefficient (Wildman–Crippen LogP) is 15.1. The average molecular weight is 694 g/mol. The molecule has 0 aliphatic heterocycles. The van der Waals surface area contributed by atoms with Crippen molar-refractivity contribution in [1.82, 2.24) is 0 Å². The lowest BCUT2D eigenvalue weighted by molar-refractivity contribution is 0.672. The molecule has 0 radical (unpaired) electrons. The van der Waals surface area contributed by atoms with E-state index in [0.717, 1.165) is 44.4 Å². The van der Waals surface area contributed by atoms with Crippen molar-refractivity contribution in [2.24, 2.45) is 0 Å². The van der Waals surface area contributed by atoms with Gasteiger partial charge in [-0.05, 0) is 105 Å². The second kappa shape index (κ2) is 11.9. The van der Waals surface area contributed by atoms with Crippen LogP contribution in [0.5, 0.6) is 0 Å². The van der Waals surface area contributed by atoms with Crippen molar-refractivity contribution >= 4 is 92.1 Å². The average Bonchev–Trinajstić information content (AvgIpc) is 3.80. The van der Waals surface area contributed by atoms with Crippen molar-refractivity contribution in [2.75, 3.05) is 4.90 Å². The molecule has 0 fully saturated rings. The zero-order valence-corrected chi connectivity index (χ0v) is 29.5. The molecule has 53 heavy (non-hydrogen) atoms. The Morgan fingerprint density at radius 1 is 0.377 bits per heavy atom. The molecule has 9 aromatic carbocycles. The number of fused-ring (bicyclic) bond motifs is 9. The van der Waals surface area contributed by atoms with Gasteiger partial charge in [0.2, 0.25) is 0 Å². The first-order chi connectivity index (χ1) is 26.2. The van der Waals surface area contributed by atoms with Crippen molar-refractivity contribution < 1.29 is 4.42 Å². The highest BCUT2D eigenvalue weighted by molar-refractivity contribution is 7.25. The Balaban J connectivity index is 1.13. The van der Waals surface area contributed by atoms with Crippen molar-refractivity contribution in [3.8, 4) is 22.3 Å². The standard InChI is InChI=1S/C50H31NOS/c1-2-12-34-28-37(23-22-32(34)10-1)35-13-7-15-39(29-35)51(45-19-9-20-46-49(45)43-26-24-33-11-3-4-17-41(33)50(43)52-46)40-16-8-14-36(30-40)38-25-27-48-44(31-38)42-18-5-6-21-47(42)53-48/h1-31H. The molecule has 248 valence electrons. The summed E-state index contributed by atoms with van der Waals surface area (Å²) < 4.78 is 9.33. The van der Waals surface area contributed by atoms with Gasteiger partial charge in [0.05, 0.1) is 11.1 Å². The molecule has 11 aromatic rings. The molecule has 0 atom stereocenters. The smallest absolute Gasteiger partial charge is 0.143 e. The van der Waals surface area contributed by atoms with Gasteiger partial charge in [-0.25, -0.2) is 0 Å². The summed E-state index contributed by atoms with van der Waals surface area (Å²) in [7, 11) is 0. The van der Waals surface area contributed by atoms with Crippen LogP contribution in [0.3, 0.4) is 0 Å². The highest BCUT2D eigenvalue weighted by atomic mass is 32.1. The Morgan fingerprint density at radius 3 is 1.83 bits per heavy atom. The van der Waals surface area contributed by atoms with Gasteiger partial charge in [0, 0.05) is 42.3 Å². The van der Waals surface area contributed by atoms with E-state index in [1.54, 1.807) is 0 Å². The number of hydrogen-bond acceptors (Lipinski definition) is 3. The minimum Gasteiger partial charge on any atom is -0.455 e. The first-order valence-electron chi connectivity index (χ1n) is 18.0. The van der Waals surface area contributed by atoms with Gasteiger partial charge in [0.1, 0.15) is 11.2 Å². The lowest BCUT2D eigenvalue weighted by atomic mass is 9.99. The van der Waals surface area contributed by atoms with E-state index in [-0.39, 0.29) is 0 Å². The molecular weight excluding hydrogens is 663 g/mol. The van der Waals surface area contributed by atoms with Crippen LogP contribution in [-0.2, 0) is 0 Å². The van der Waals surface area contributed by atoms with Gasteiger partial charge in [0.15, 0.2) is 0 Å². The normalized spacial score (nSPS) is 11.8. The second-order valence-electron chi connectivity index (χ2n) is 13.7. The van der Waals surface area contributed by atoms with Crippen molar-refractivity contribution in [1.29, 1.82) is 0 Å². The van der Waals surface area contributed by atoms with Gasteiger partial charge < -0.3 is 9.32 Å². The Hall–Kier alpha value is -6.68. The Kier molecular flexibility index (Phi) is 6.76. The highest BCUT2D eigenvalue weighted by Crippen LogP contribution is 2.46. The lowest BCUT2D eigenvalue weighted by Crippen LogP contribution is -2.10. The molecule has 0 aliphatic rings. The molecule has 2 heterocycles. The third-order valence-electron chi connectivity index (χ3n) is 10.6. The molecule has 3 heteroatoms. The minimum atomic E-state index is 0.871. The van der Waals surface area contributed by atoms with Crippen molar-refractivity contribution in [3.63, 3.8) is 0 Å². The molecule has 2 nitrogen and oxygen atoms in total. The first-order valence-corrected chi connectivity index (χ1v) is 18.8. The third kappa shape index (κ3) is 4.93. The van der Waals surface area contributed by atoms with Gasteiger partial charge in [-0.3, -0.25) is 0 Å². The van der Waals surface area contributed by atoms with Gasteiger partial charge in [-0.1, -0.05) is 121 Å². The summed E-state index contributed by atoms with van der Waals surface area (Å²) in [6, 6.07) is 68.1. The summed E-state index contributed by atoms with van der Waals surface area (Å²) >= 11 is 1.85. The summed E-state index contributed by atoms with van der Waals surface area (Å²) in [5.74, 6) is 0. The molecule has 0 amide bonds. The maximum Gasteiger partial charge on any atom is 0.143 e. The number of nitrogens with zero attached hydrogens (tertiary/aromatic N) is 1. The summed E-state index contributed by atoms with van der Waals surface area (Å²) in [5, 5.41) is 9.58. The number of furan rings is 1. The van der Waals surface area contributed by atoms with E-state index < -0.39 is 0 Å². The van der Waals surface area contributed by atoms with Crippen LogP contribution in [0.4, 0.5) is 17.1 Å². The summed E-state index contributed by atoms with van der Waals surface area (Å²) in [4.78, 5) is 2.40. The van der Waals surface area contributed by atoms with Crippen LogP contribution < -0.4 is 4.90 Å². The minimum absolute atomic E-state index is 0.871. The lowest BCUT2D eigenvalue weighted by Gasteiger charge is -2.27. The van der Waals surface area contributed by atoms with Crippen LogP contribution in [0.15, 0.2) is 192 Å². The van der Waals surface area contributed by atoms with Gasteiger partial charge in [-0.15, -0.1) is 11.3 Å². The Bertz CT molecular complexity index is 3200. The van der Waals surface area contributed by atoms with Gasteiger partial charge in [0.25, 0.3) is 0 Å². The number of anilines is 3. The molecule has 0 saturated heterocycles. The molecular formula is C50H31NOS. The zero-order chi connectivity index (χ0) is 34.9. The summed E-state index contributed by atoms with van der Waals surface area (Å²) in [5.41, 5.74) is 9.75. The molecule has 0 unspecified atom stereocenters. The maximum atomic E-state index is 6.70. The molecule has 0 spiro atoms. The van der Waals surface area contributed by atoms with Crippen molar-refractivity contribution in [2.45, 2.75) is 0 Å². The van der Waals surface area contributed by atoms with E-state index in [1.165, 1.54) is 58.6 Å². The summed E-state index contributed by atoms with van der Waals surface area (Å²) in [6.45, 7) is 0. The van der Waals surface area contributed by atoms with Crippen LogP contribution in [0.25, 0.3) is 85.9 Å². The van der Waals surface area contributed by atoms with Gasteiger partial charge in [-0.2, -0.15) is 0 Å². The predicted molar refractivity (Wildman–Crippen MR) is 227 cm³/mol. The quantitative estimate of drug-likeness (QED) is 0.178. The number of rotatable bonds is 5. The van der Waals surface area contributed by atoms with E-state index in [1.807, 2.05) is 11.3 Å².